The Labute approximate surface area is 208 Å². The average molecular weight is 473 g/mol. The molecule has 35 heavy (non-hydrogen) atoms. The lowest BCUT2D eigenvalue weighted by Crippen LogP contribution is -2.30. The summed E-state index contributed by atoms with van der Waals surface area (Å²) in [7, 11) is 4.10. The van der Waals surface area contributed by atoms with Crippen LogP contribution in [0.15, 0.2) is 60.7 Å². The van der Waals surface area contributed by atoms with Crippen LogP contribution in [0.5, 0.6) is 0 Å². The lowest BCUT2D eigenvalue weighted by atomic mass is 10.1. The number of nitrogens with zero attached hydrogens (tertiary/aromatic N) is 5. The first kappa shape index (κ1) is 24.7. The van der Waals surface area contributed by atoms with Crippen LogP contribution in [0.25, 0.3) is 6.08 Å². The Morgan fingerprint density at radius 3 is 2.57 bits per heavy atom. The fourth-order valence-corrected chi connectivity index (χ4v) is 4.39. The number of hydrogen-bond acceptors (Lipinski definition) is 5. The molecule has 2 aromatic carbocycles. The summed E-state index contributed by atoms with van der Waals surface area (Å²) in [6.07, 6.45) is 6.47. The smallest absolute Gasteiger partial charge is 0.220 e. The Morgan fingerprint density at radius 1 is 1.06 bits per heavy atom. The number of aryl methyl sites for hydroxylation is 1. The van der Waals surface area contributed by atoms with Gasteiger partial charge in [-0.1, -0.05) is 54.6 Å². The topological polar surface area (TPSA) is 66.3 Å². The minimum atomic E-state index is -0.170. The van der Waals surface area contributed by atoms with Gasteiger partial charge in [-0.05, 0) is 36.6 Å². The van der Waals surface area contributed by atoms with Crippen molar-refractivity contribution in [2.75, 3.05) is 38.6 Å². The van der Waals surface area contributed by atoms with Crippen LogP contribution in [0, 0.1) is 0 Å². The minimum absolute atomic E-state index is 0.0395. The molecule has 0 aliphatic carbocycles. The predicted octanol–water partition coefficient (Wildman–Crippen LogP) is 3.73. The molecule has 0 saturated heterocycles. The summed E-state index contributed by atoms with van der Waals surface area (Å²) < 4.78 is 2.19. The molecule has 184 valence electrons. The van der Waals surface area contributed by atoms with Crippen molar-refractivity contribution >= 4 is 17.7 Å². The third kappa shape index (κ3) is 6.79. The van der Waals surface area contributed by atoms with Crippen molar-refractivity contribution < 1.29 is 4.79 Å². The first-order valence-corrected chi connectivity index (χ1v) is 12.4. The Morgan fingerprint density at radius 2 is 1.83 bits per heavy atom. The van der Waals surface area contributed by atoms with Crippen molar-refractivity contribution in [3.8, 4) is 0 Å². The number of carbonyl (C=O) groups is 1. The number of anilines is 1. The molecule has 1 atom stereocenters. The van der Waals surface area contributed by atoms with Crippen molar-refractivity contribution in [3.63, 3.8) is 0 Å². The van der Waals surface area contributed by atoms with Gasteiger partial charge in [0.25, 0.3) is 0 Å². The number of hydrogen-bond donors (Lipinski definition) is 1. The van der Waals surface area contributed by atoms with Crippen molar-refractivity contribution in [1.82, 2.24) is 25.0 Å². The molecule has 1 aliphatic rings. The van der Waals surface area contributed by atoms with Gasteiger partial charge in [-0.2, -0.15) is 0 Å². The summed E-state index contributed by atoms with van der Waals surface area (Å²) >= 11 is 0. The zero-order valence-corrected chi connectivity index (χ0v) is 21.0. The second-order valence-electron chi connectivity index (χ2n) is 9.34. The van der Waals surface area contributed by atoms with Gasteiger partial charge in [-0.25, -0.2) is 0 Å². The average Bonchev–Trinajstić information content (AvgIpc) is 3.17. The van der Waals surface area contributed by atoms with E-state index in [2.05, 4.69) is 92.5 Å². The summed E-state index contributed by atoms with van der Waals surface area (Å²) in [5, 5.41) is 12.0. The maximum absolute atomic E-state index is 12.5. The quantitative estimate of drug-likeness (QED) is 0.514. The third-order valence-corrected chi connectivity index (χ3v) is 6.48. The van der Waals surface area contributed by atoms with E-state index >= 15 is 0 Å². The lowest BCUT2D eigenvalue weighted by molar-refractivity contribution is -0.121. The van der Waals surface area contributed by atoms with E-state index in [-0.39, 0.29) is 11.9 Å². The highest BCUT2D eigenvalue weighted by atomic mass is 16.1. The SMILES string of the molecule is C[C@@H](NC(=O)CCc1ccccc1)c1nnc2n1CCN(C/C=C/c1ccc(N(C)C)cc1)CC2. The monoisotopic (exact) mass is 472 g/mol. The predicted molar refractivity (Wildman–Crippen MR) is 141 cm³/mol. The molecule has 1 aliphatic heterocycles. The van der Waals surface area contributed by atoms with Crippen LogP contribution < -0.4 is 10.2 Å². The van der Waals surface area contributed by atoms with Crippen LogP contribution in [0.4, 0.5) is 5.69 Å². The van der Waals surface area contributed by atoms with Crippen LogP contribution in [0.1, 0.15) is 42.2 Å². The number of aromatic nitrogens is 3. The molecule has 0 bridgehead atoms. The molecule has 0 unspecified atom stereocenters. The van der Waals surface area contributed by atoms with Crippen molar-refractivity contribution in [2.45, 2.75) is 38.8 Å². The van der Waals surface area contributed by atoms with E-state index in [1.165, 1.54) is 16.8 Å². The van der Waals surface area contributed by atoms with Gasteiger partial charge in [-0.3, -0.25) is 9.69 Å². The molecule has 7 nitrogen and oxygen atoms in total. The molecule has 1 aromatic heterocycles. The molecule has 1 amide bonds. The molecular weight excluding hydrogens is 436 g/mol. The van der Waals surface area contributed by atoms with E-state index in [9.17, 15) is 4.79 Å². The normalized spacial score (nSPS) is 14.9. The maximum atomic E-state index is 12.5. The molecule has 0 radical (unpaired) electrons. The Hall–Kier alpha value is -3.45. The second-order valence-corrected chi connectivity index (χ2v) is 9.34. The molecule has 4 rings (SSSR count). The van der Waals surface area contributed by atoms with E-state index in [1.54, 1.807) is 0 Å². The third-order valence-electron chi connectivity index (χ3n) is 6.48. The number of amides is 1. The molecule has 0 fully saturated rings. The molecule has 7 heteroatoms. The fourth-order valence-electron chi connectivity index (χ4n) is 4.39. The highest BCUT2D eigenvalue weighted by molar-refractivity contribution is 5.76. The molecule has 0 spiro atoms. The zero-order chi connectivity index (χ0) is 24.6. The Bertz CT molecular complexity index is 1120. The van der Waals surface area contributed by atoms with Gasteiger partial charge in [0.2, 0.25) is 5.91 Å². The second kappa shape index (κ2) is 11.8. The van der Waals surface area contributed by atoms with E-state index < -0.39 is 0 Å². The fraction of sp³-hybridized carbons (Fsp3) is 0.393. The van der Waals surface area contributed by atoms with Crippen LogP contribution in [0.2, 0.25) is 0 Å². The highest BCUT2D eigenvalue weighted by Gasteiger charge is 2.22. The highest BCUT2D eigenvalue weighted by Crippen LogP contribution is 2.17. The summed E-state index contributed by atoms with van der Waals surface area (Å²) in [6, 6.07) is 18.5. The van der Waals surface area contributed by atoms with Gasteiger partial charge in [0.05, 0.1) is 6.04 Å². The Kier molecular flexibility index (Phi) is 8.32. The maximum Gasteiger partial charge on any atom is 0.220 e. The van der Waals surface area contributed by atoms with Gasteiger partial charge in [0.1, 0.15) is 5.82 Å². The first-order chi connectivity index (χ1) is 17.0. The van der Waals surface area contributed by atoms with Gasteiger partial charge in [0.15, 0.2) is 5.82 Å². The number of rotatable bonds is 9. The van der Waals surface area contributed by atoms with E-state index in [0.29, 0.717) is 6.42 Å². The van der Waals surface area contributed by atoms with Gasteiger partial charge in [-0.15, -0.1) is 10.2 Å². The minimum Gasteiger partial charge on any atom is -0.378 e. The standard InChI is InChI=1S/C28H36N6O/c1-22(29-27(35)16-13-23-8-5-4-6-9-23)28-31-30-26-17-19-33(20-21-34(26)28)18-7-10-24-11-14-25(15-12-24)32(2)3/h4-12,14-15,22H,13,16-21H2,1-3H3,(H,29,35)/b10-7+/t22-/m1/s1. The van der Waals surface area contributed by atoms with Gasteiger partial charge in [0, 0.05) is 58.8 Å². The van der Waals surface area contributed by atoms with E-state index in [1.807, 2.05) is 25.1 Å². The zero-order valence-electron chi connectivity index (χ0n) is 21.0. The number of benzene rings is 2. The summed E-state index contributed by atoms with van der Waals surface area (Å²) in [5.74, 6) is 1.88. The van der Waals surface area contributed by atoms with Crippen LogP contribution in [-0.4, -0.2) is 59.3 Å². The number of fused-ring (bicyclic) bond motifs is 1. The Balaban J connectivity index is 1.28. The summed E-state index contributed by atoms with van der Waals surface area (Å²) in [4.78, 5) is 17.1. The van der Waals surface area contributed by atoms with Crippen molar-refractivity contribution in [3.05, 3.63) is 83.4 Å². The van der Waals surface area contributed by atoms with Gasteiger partial charge < -0.3 is 14.8 Å². The van der Waals surface area contributed by atoms with Gasteiger partial charge >= 0.3 is 0 Å². The number of nitrogens with one attached hydrogen (secondary N) is 1. The molecule has 1 N–H and O–H groups in total. The van der Waals surface area contributed by atoms with Crippen molar-refractivity contribution in [1.29, 1.82) is 0 Å². The first-order valence-electron chi connectivity index (χ1n) is 12.4. The molecule has 0 saturated carbocycles. The molecule has 3 aromatic rings. The molecular formula is C28H36N6O. The van der Waals surface area contributed by atoms with Crippen LogP contribution in [0.3, 0.4) is 0 Å². The van der Waals surface area contributed by atoms with E-state index in [4.69, 9.17) is 0 Å². The summed E-state index contributed by atoms with van der Waals surface area (Å²) in [6.45, 7) is 5.59. The van der Waals surface area contributed by atoms with Crippen LogP contribution in [-0.2, 0) is 24.2 Å². The number of carbonyl (C=O) groups excluding carboxylic acids is 1. The van der Waals surface area contributed by atoms with E-state index in [0.717, 1.165) is 50.7 Å². The lowest BCUT2D eigenvalue weighted by Gasteiger charge is -2.18. The van der Waals surface area contributed by atoms with Crippen molar-refractivity contribution in [2.24, 2.45) is 0 Å². The molecule has 2 heterocycles. The van der Waals surface area contributed by atoms with Crippen LogP contribution >= 0.6 is 0 Å². The summed E-state index contributed by atoms with van der Waals surface area (Å²) in [5.41, 5.74) is 3.59. The largest absolute Gasteiger partial charge is 0.378 e.